The van der Waals surface area contributed by atoms with Crippen LogP contribution in [0.15, 0.2) is 77.2 Å². The maximum Gasteiger partial charge on any atom is 0.337 e. The summed E-state index contributed by atoms with van der Waals surface area (Å²) in [6, 6.07) is 22.9. The predicted octanol–water partition coefficient (Wildman–Crippen LogP) is 6.04. The first-order valence-corrected chi connectivity index (χ1v) is 10.5. The van der Waals surface area contributed by atoms with Crippen molar-refractivity contribution >= 4 is 5.97 Å². The second-order valence-electron chi connectivity index (χ2n) is 7.29. The fraction of sp³-hybridized carbons (Fsp3) is 0.192. The number of methoxy groups -OCH3 is 1. The standard InChI is InChI=1S/C26H24N2O4/c1-3-4-17-31-23-15-13-19(14-16-23)18-5-7-20(8-6-18)24-27-28-25(32-24)21-9-11-22(12-10-21)26(29)30-2/h5-16H,3-4,17H2,1-2H3. The minimum absolute atomic E-state index is 0.387. The number of unbranched alkanes of at least 4 members (excludes halogenated alkanes) is 1. The molecule has 0 saturated carbocycles. The molecular formula is C26H24N2O4. The molecule has 1 heterocycles. The minimum Gasteiger partial charge on any atom is -0.494 e. The van der Waals surface area contributed by atoms with Gasteiger partial charge in [0.15, 0.2) is 0 Å². The van der Waals surface area contributed by atoms with Gasteiger partial charge in [0.05, 0.1) is 19.3 Å². The SMILES string of the molecule is CCCCOc1ccc(-c2ccc(-c3nnc(-c4ccc(C(=O)OC)cc4)o3)cc2)cc1. The van der Waals surface area contributed by atoms with Gasteiger partial charge in [-0.1, -0.05) is 37.6 Å². The van der Waals surface area contributed by atoms with Crippen LogP contribution in [0.25, 0.3) is 34.0 Å². The Balaban J connectivity index is 1.45. The van der Waals surface area contributed by atoms with Crippen LogP contribution in [0.1, 0.15) is 30.1 Å². The summed E-state index contributed by atoms with van der Waals surface area (Å²) in [6.45, 7) is 2.89. The van der Waals surface area contributed by atoms with Gasteiger partial charge in [-0.15, -0.1) is 10.2 Å². The molecule has 0 bridgehead atoms. The van der Waals surface area contributed by atoms with Crippen LogP contribution in [0.3, 0.4) is 0 Å². The highest BCUT2D eigenvalue weighted by Gasteiger charge is 2.12. The van der Waals surface area contributed by atoms with Crippen molar-refractivity contribution in [3.63, 3.8) is 0 Å². The Kier molecular flexibility index (Phi) is 6.60. The summed E-state index contributed by atoms with van der Waals surface area (Å²) < 4.78 is 16.3. The van der Waals surface area contributed by atoms with Gasteiger partial charge in [0.2, 0.25) is 11.8 Å². The van der Waals surface area contributed by atoms with Crippen molar-refractivity contribution in [1.82, 2.24) is 10.2 Å². The van der Waals surface area contributed by atoms with E-state index < -0.39 is 0 Å². The summed E-state index contributed by atoms with van der Waals surface area (Å²) >= 11 is 0. The van der Waals surface area contributed by atoms with Gasteiger partial charge >= 0.3 is 5.97 Å². The molecule has 4 aromatic rings. The molecule has 32 heavy (non-hydrogen) atoms. The predicted molar refractivity (Wildman–Crippen MR) is 122 cm³/mol. The zero-order valence-electron chi connectivity index (χ0n) is 18.1. The molecule has 0 atom stereocenters. The number of hydrogen-bond acceptors (Lipinski definition) is 6. The number of aromatic nitrogens is 2. The smallest absolute Gasteiger partial charge is 0.337 e. The Morgan fingerprint density at radius 1 is 0.781 bits per heavy atom. The van der Waals surface area contributed by atoms with Crippen molar-refractivity contribution in [3.05, 3.63) is 78.4 Å². The molecule has 0 aliphatic rings. The second kappa shape index (κ2) is 9.92. The molecule has 0 amide bonds. The zero-order valence-corrected chi connectivity index (χ0v) is 18.1. The van der Waals surface area contributed by atoms with E-state index in [0.717, 1.165) is 47.5 Å². The number of benzene rings is 3. The van der Waals surface area contributed by atoms with E-state index in [0.29, 0.717) is 17.3 Å². The Hall–Kier alpha value is -3.93. The Labute approximate surface area is 186 Å². The topological polar surface area (TPSA) is 74.5 Å². The van der Waals surface area contributed by atoms with E-state index >= 15 is 0 Å². The number of carbonyl (C=O) groups is 1. The molecule has 6 heteroatoms. The molecule has 1 aromatic heterocycles. The number of carbonyl (C=O) groups excluding carboxylic acids is 1. The van der Waals surface area contributed by atoms with Crippen LogP contribution in [0.2, 0.25) is 0 Å². The maximum atomic E-state index is 11.6. The summed E-state index contributed by atoms with van der Waals surface area (Å²) in [5.41, 5.74) is 4.22. The van der Waals surface area contributed by atoms with Crippen molar-refractivity contribution in [3.8, 4) is 39.8 Å². The van der Waals surface area contributed by atoms with Gasteiger partial charge < -0.3 is 13.9 Å². The molecule has 0 aliphatic heterocycles. The number of nitrogens with zero attached hydrogens (tertiary/aromatic N) is 2. The van der Waals surface area contributed by atoms with Crippen LogP contribution in [0, 0.1) is 0 Å². The third-order valence-electron chi connectivity index (χ3n) is 5.06. The van der Waals surface area contributed by atoms with E-state index in [2.05, 4.69) is 29.3 Å². The highest BCUT2D eigenvalue weighted by molar-refractivity contribution is 5.89. The Morgan fingerprint density at radius 3 is 1.81 bits per heavy atom. The molecule has 0 radical (unpaired) electrons. The summed E-state index contributed by atoms with van der Waals surface area (Å²) in [7, 11) is 1.35. The third kappa shape index (κ3) is 4.86. The van der Waals surface area contributed by atoms with Gasteiger partial charge in [0, 0.05) is 11.1 Å². The molecule has 162 valence electrons. The van der Waals surface area contributed by atoms with Gasteiger partial charge in [-0.3, -0.25) is 0 Å². The molecule has 0 fully saturated rings. The van der Waals surface area contributed by atoms with Gasteiger partial charge in [-0.25, -0.2) is 4.79 Å². The lowest BCUT2D eigenvalue weighted by atomic mass is 10.0. The first kappa shape index (κ1) is 21.3. The molecule has 0 spiro atoms. The molecule has 0 saturated heterocycles. The number of esters is 1. The monoisotopic (exact) mass is 428 g/mol. The highest BCUT2D eigenvalue weighted by Crippen LogP contribution is 2.28. The number of rotatable bonds is 8. The van der Waals surface area contributed by atoms with Crippen molar-refractivity contribution in [2.45, 2.75) is 19.8 Å². The fourth-order valence-electron chi connectivity index (χ4n) is 3.21. The van der Waals surface area contributed by atoms with Crippen molar-refractivity contribution < 1.29 is 18.7 Å². The molecular weight excluding hydrogens is 404 g/mol. The first-order chi connectivity index (χ1) is 15.7. The Morgan fingerprint density at radius 2 is 1.28 bits per heavy atom. The van der Waals surface area contributed by atoms with E-state index in [1.54, 1.807) is 24.3 Å². The van der Waals surface area contributed by atoms with E-state index in [1.807, 2.05) is 36.4 Å². The van der Waals surface area contributed by atoms with E-state index in [4.69, 9.17) is 13.9 Å². The first-order valence-electron chi connectivity index (χ1n) is 10.5. The van der Waals surface area contributed by atoms with Crippen LogP contribution in [0.5, 0.6) is 5.75 Å². The molecule has 4 rings (SSSR count). The molecule has 0 aliphatic carbocycles. The summed E-state index contributed by atoms with van der Waals surface area (Å²) in [5, 5.41) is 8.29. The van der Waals surface area contributed by atoms with Crippen molar-refractivity contribution in [2.75, 3.05) is 13.7 Å². The van der Waals surface area contributed by atoms with Crippen molar-refractivity contribution in [2.24, 2.45) is 0 Å². The average molecular weight is 428 g/mol. The normalized spacial score (nSPS) is 10.7. The molecule has 3 aromatic carbocycles. The van der Waals surface area contributed by atoms with E-state index in [9.17, 15) is 4.79 Å². The van der Waals surface area contributed by atoms with E-state index in [1.165, 1.54) is 7.11 Å². The third-order valence-corrected chi connectivity index (χ3v) is 5.06. The second-order valence-corrected chi connectivity index (χ2v) is 7.29. The molecule has 6 nitrogen and oxygen atoms in total. The van der Waals surface area contributed by atoms with Crippen LogP contribution in [-0.4, -0.2) is 29.9 Å². The highest BCUT2D eigenvalue weighted by atomic mass is 16.5. The van der Waals surface area contributed by atoms with E-state index in [-0.39, 0.29) is 5.97 Å². The summed E-state index contributed by atoms with van der Waals surface area (Å²) in [5.74, 6) is 1.32. The maximum absolute atomic E-state index is 11.6. The van der Waals surface area contributed by atoms with Gasteiger partial charge in [0.25, 0.3) is 0 Å². The number of ether oxygens (including phenoxy) is 2. The van der Waals surface area contributed by atoms with Gasteiger partial charge in [0.1, 0.15) is 5.75 Å². The van der Waals surface area contributed by atoms with Crippen LogP contribution in [-0.2, 0) is 4.74 Å². The lowest BCUT2D eigenvalue weighted by Gasteiger charge is -2.07. The quantitative estimate of drug-likeness (QED) is 0.252. The van der Waals surface area contributed by atoms with Gasteiger partial charge in [-0.2, -0.15) is 0 Å². The lowest BCUT2D eigenvalue weighted by molar-refractivity contribution is 0.0600. The zero-order chi connectivity index (χ0) is 22.3. The van der Waals surface area contributed by atoms with Crippen LogP contribution < -0.4 is 4.74 Å². The Bertz CT molecular complexity index is 1160. The molecule has 0 N–H and O–H groups in total. The summed E-state index contributed by atoms with van der Waals surface area (Å²) in [6.07, 6.45) is 2.17. The number of hydrogen-bond donors (Lipinski definition) is 0. The average Bonchev–Trinajstić information content (AvgIpc) is 3.35. The van der Waals surface area contributed by atoms with Crippen molar-refractivity contribution in [1.29, 1.82) is 0 Å². The fourth-order valence-corrected chi connectivity index (χ4v) is 3.21. The van der Waals surface area contributed by atoms with Crippen LogP contribution >= 0.6 is 0 Å². The molecule has 0 unspecified atom stereocenters. The van der Waals surface area contributed by atoms with Gasteiger partial charge in [-0.05, 0) is 66.1 Å². The van der Waals surface area contributed by atoms with Crippen LogP contribution in [0.4, 0.5) is 0 Å². The largest absolute Gasteiger partial charge is 0.494 e. The summed E-state index contributed by atoms with van der Waals surface area (Å²) in [4.78, 5) is 11.6. The lowest BCUT2D eigenvalue weighted by Crippen LogP contribution is -2.00. The minimum atomic E-state index is -0.387.